The lowest BCUT2D eigenvalue weighted by Gasteiger charge is -2.19. The number of rotatable bonds is 6. The lowest BCUT2D eigenvalue weighted by Crippen LogP contribution is -2.36. The van der Waals surface area contributed by atoms with Crippen LogP contribution >= 0.6 is 27.3 Å². The molecule has 2 rings (SSSR count). The molecule has 3 nitrogen and oxygen atoms in total. The Morgan fingerprint density at radius 2 is 2.09 bits per heavy atom. The first kappa shape index (κ1) is 17.1. The molecule has 0 fully saturated rings. The second kappa shape index (κ2) is 7.85. The summed E-state index contributed by atoms with van der Waals surface area (Å²) in [7, 11) is 1.91. The maximum atomic E-state index is 12.9. The molecule has 1 unspecified atom stereocenters. The number of thiophene rings is 1. The van der Waals surface area contributed by atoms with Gasteiger partial charge in [0.1, 0.15) is 5.82 Å². The minimum atomic E-state index is -0.274. The molecule has 118 valence electrons. The van der Waals surface area contributed by atoms with Crippen molar-refractivity contribution in [2.24, 2.45) is 0 Å². The lowest BCUT2D eigenvalue weighted by atomic mass is 10.1. The fraction of sp³-hybridized carbons (Fsp3) is 0.312. The van der Waals surface area contributed by atoms with Crippen LogP contribution in [0.4, 0.5) is 4.39 Å². The summed E-state index contributed by atoms with van der Waals surface area (Å²) in [5.41, 5.74) is 2.07. The number of halogens is 2. The smallest absolute Gasteiger partial charge is 0.234 e. The molecule has 0 saturated carbocycles. The second-order valence-corrected chi connectivity index (χ2v) is 7.56. The minimum absolute atomic E-state index is 0.0476. The molecule has 1 aromatic heterocycles. The van der Waals surface area contributed by atoms with Gasteiger partial charge in [0, 0.05) is 6.54 Å². The summed E-state index contributed by atoms with van der Waals surface area (Å²) in [6.07, 6.45) is 0. The maximum Gasteiger partial charge on any atom is 0.234 e. The molecule has 0 radical (unpaired) electrons. The first-order valence-electron chi connectivity index (χ1n) is 6.90. The number of amides is 1. The Morgan fingerprint density at radius 1 is 1.41 bits per heavy atom. The van der Waals surface area contributed by atoms with Crippen molar-refractivity contribution in [1.82, 2.24) is 10.2 Å². The molecule has 0 aliphatic carbocycles. The number of nitrogens with one attached hydrogen (secondary N) is 1. The number of hydrogen-bond donors (Lipinski definition) is 1. The van der Waals surface area contributed by atoms with Gasteiger partial charge in [0.25, 0.3) is 0 Å². The number of likely N-dealkylation sites (N-methyl/N-ethyl adjacent to an activating group) is 1. The van der Waals surface area contributed by atoms with Crippen molar-refractivity contribution < 1.29 is 9.18 Å². The molecule has 0 saturated heterocycles. The van der Waals surface area contributed by atoms with Crippen LogP contribution in [0.5, 0.6) is 0 Å². The predicted octanol–water partition coefficient (Wildman–Crippen LogP) is 3.96. The van der Waals surface area contributed by atoms with Crippen LogP contribution in [0.15, 0.2) is 39.5 Å². The number of nitrogens with zero attached hydrogens (tertiary/aromatic N) is 1. The van der Waals surface area contributed by atoms with Crippen LogP contribution in [-0.2, 0) is 11.3 Å². The maximum absolute atomic E-state index is 12.9. The van der Waals surface area contributed by atoms with Gasteiger partial charge in [-0.1, -0.05) is 12.1 Å². The van der Waals surface area contributed by atoms with Crippen molar-refractivity contribution in [2.75, 3.05) is 13.6 Å². The Hall–Kier alpha value is -1.24. The molecular weight excluding hydrogens is 367 g/mol. The number of carbonyl (C=O) groups is 1. The average Bonchev–Trinajstić information content (AvgIpc) is 2.84. The van der Waals surface area contributed by atoms with Crippen LogP contribution in [0.25, 0.3) is 0 Å². The van der Waals surface area contributed by atoms with Crippen molar-refractivity contribution >= 4 is 33.2 Å². The van der Waals surface area contributed by atoms with Gasteiger partial charge < -0.3 is 5.32 Å². The van der Waals surface area contributed by atoms with Crippen molar-refractivity contribution in [3.8, 4) is 0 Å². The Balaban J connectivity index is 1.82. The minimum Gasteiger partial charge on any atom is -0.348 e. The first-order valence-corrected chi connectivity index (χ1v) is 8.57. The molecule has 1 aromatic carbocycles. The third-order valence-corrected chi connectivity index (χ3v) is 4.79. The summed E-state index contributed by atoms with van der Waals surface area (Å²) >= 11 is 5.06. The molecule has 0 aliphatic rings. The van der Waals surface area contributed by atoms with Crippen LogP contribution in [0, 0.1) is 5.82 Å². The summed E-state index contributed by atoms with van der Waals surface area (Å²) in [6, 6.07) is 8.09. The Kier molecular flexibility index (Phi) is 6.11. The van der Waals surface area contributed by atoms with E-state index in [9.17, 15) is 9.18 Å². The third kappa shape index (κ3) is 5.19. The van der Waals surface area contributed by atoms with Crippen LogP contribution in [0.1, 0.15) is 24.1 Å². The molecule has 0 bridgehead atoms. The van der Waals surface area contributed by atoms with E-state index < -0.39 is 0 Å². The Labute approximate surface area is 142 Å². The van der Waals surface area contributed by atoms with E-state index in [1.165, 1.54) is 17.7 Å². The second-order valence-electron chi connectivity index (χ2n) is 5.27. The van der Waals surface area contributed by atoms with Crippen LogP contribution in [0.2, 0.25) is 0 Å². The van der Waals surface area contributed by atoms with Crippen molar-refractivity contribution in [2.45, 2.75) is 19.5 Å². The Morgan fingerprint density at radius 3 is 2.68 bits per heavy atom. The van der Waals surface area contributed by atoms with Crippen molar-refractivity contribution in [3.63, 3.8) is 0 Å². The van der Waals surface area contributed by atoms with Gasteiger partial charge >= 0.3 is 0 Å². The van der Waals surface area contributed by atoms with Gasteiger partial charge in [-0.2, -0.15) is 0 Å². The summed E-state index contributed by atoms with van der Waals surface area (Å²) in [5, 5.41) is 5.00. The fourth-order valence-corrected chi connectivity index (χ4v) is 3.36. The fourth-order valence-electron chi connectivity index (χ4n) is 2.16. The van der Waals surface area contributed by atoms with Crippen LogP contribution in [0.3, 0.4) is 0 Å². The number of benzene rings is 1. The Bertz CT molecular complexity index is 629. The summed E-state index contributed by atoms with van der Waals surface area (Å²) in [5.74, 6) is -0.322. The van der Waals surface area contributed by atoms with Crippen molar-refractivity contribution in [1.29, 1.82) is 0 Å². The van der Waals surface area contributed by atoms with E-state index in [1.54, 1.807) is 23.5 Å². The van der Waals surface area contributed by atoms with E-state index in [0.717, 1.165) is 15.9 Å². The van der Waals surface area contributed by atoms with Gasteiger partial charge in [0.05, 0.1) is 16.4 Å². The van der Waals surface area contributed by atoms with Gasteiger partial charge in [0.2, 0.25) is 5.91 Å². The topological polar surface area (TPSA) is 32.3 Å². The summed E-state index contributed by atoms with van der Waals surface area (Å²) < 4.78 is 14.0. The van der Waals surface area contributed by atoms with Crippen LogP contribution < -0.4 is 5.32 Å². The average molecular weight is 385 g/mol. The molecule has 1 atom stereocenters. The van der Waals surface area contributed by atoms with Gasteiger partial charge in [-0.25, -0.2) is 4.39 Å². The molecule has 6 heteroatoms. The molecule has 2 aromatic rings. The molecule has 22 heavy (non-hydrogen) atoms. The van der Waals surface area contributed by atoms with Gasteiger partial charge in [-0.15, -0.1) is 11.3 Å². The normalized spacial score (nSPS) is 12.4. The van der Waals surface area contributed by atoms with Crippen molar-refractivity contribution in [3.05, 3.63) is 56.4 Å². The molecule has 0 spiro atoms. The monoisotopic (exact) mass is 384 g/mol. The zero-order valence-electron chi connectivity index (χ0n) is 12.5. The largest absolute Gasteiger partial charge is 0.348 e. The molecule has 1 heterocycles. The standard InChI is InChI=1S/C16H18BrFN2OS/c1-11(13-3-5-14(18)6-4-13)19-16(21)9-20(2)8-12-7-15(17)22-10-12/h3-7,10-11H,8-9H2,1-2H3,(H,19,21). The van der Waals surface area contributed by atoms with E-state index in [4.69, 9.17) is 0 Å². The van der Waals surface area contributed by atoms with E-state index >= 15 is 0 Å². The number of hydrogen-bond acceptors (Lipinski definition) is 3. The van der Waals surface area contributed by atoms with E-state index in [0.29, 0.717) is 6.54 Å². The molecule has 1 N–H and O–H groups in total. The van der Waals surface area contributed by atoms with Gasteiger partial charge in [-0.05, 0) is 64.6 Å². The SMILES string of the molecule is CC(NC(=O)CN(C)Cc1csc(Br)c1)c1ccc(F)cc1. The highest BCUT2D eigenvalue weighted by Gasteiger charge is 2.12. The lowest BCUT2D eigenvalue weighted by molar-refractivity contribution is -0.122. The predicted molar refractivity (Wildman–Crippen MR) is 91.3 cm³/mol. The quantitative estimate of drug-likeness (QED) is 0.817. The summed E-state index contributed by atoms with van der Waals surface area (Å²) in [6.45, 7) is 2.93. The van der Waals surface area contributed by atoms with E-state index in [1.807, 2.05) is 18.9 Å². The highest BCUT2D eigenvalue weighted by atomic mass is 79.9. The highest BCUT2D eigenvalue weighted by Crippen LogP contribution is 2.21. The van der Waals surface area contributed by atoms with E-state index in [2.05, 4.69) is 32.7 Å². The molecule has 0 aliphatic heterocycles. The zero-order chi connectivity index (χ0) is 16.1. The van der Waals surface area contributed by atoms with E-state index in [-0.39, 0.29) is 17.8 Å². The zero-order valence-corrected chi connectivity index (χ0v) is 14.9. The van der Waals surface area contributed by atoms with Gasteiger partial charge in [0.15, 0.2) is 0 Å². The third-order valence-electron chi connectivity index (χ3n) is 3.24. The highest BCUT2D eigenvalue weighted by molar-refractivity contribution is 9.11. The number of carbonyl (C=O) groups excluding carboxylic acids is 1. The first-order chi connectivity index (χ1) is 10.4. The van der Waals surface area contributed by atoms with Crippen LogP contribution in [-0.4, -0.2) is 24.4 Å². The van der Waals surface area contributed by atoms with Gasteiger partial charge in [-0.3, -0.25) is 9.69 Å². The molecular formula is C16H18BrFN2OS. The molecule has 1 amide bonds. The summed E-state index contributed by atoms with van der Waals surface area (Å²) in [4.78, 5) is 14.0.